The number of carbonyl (C=O) groups is 1. The number of rotatable bonds is 3. The molecule has 94 valence electrons. The summed E-state index contributed by atoms with van der Waals surface area (Å²) in [5.41, 5.74) is 0. The van der Waals surface area contributed by atoms with Crippen LogP contribution < -0.4 is 5.32 Å². The SMILES string of the molecule is CCC1CCN(C(=O)CC2CCCN2)C1.Cl. The molecule has 2 fully saturated rings. The second-order valence-corrected chi connectivity index (χ2v) is 4.90. The summed E-state index contributed by atoms with van der Waals surface area (Å²) >= 11 is 0. The molecule has 1 N–H and O–H groups in total. The molecule has 3 nitrogen and oxygen atoms in total. The maximum absolute atomic E-state index is 11.9. The first-order valence-electron chi connectivity index (χ1n) is 6.30. The van der Waals surface area contributed by atoms with Gasteiger partial charge >= 0.3 is 0 Å². The van der Waals surface area contributed by atoms with Crippen molar-refractivity contribution in [1.29, 1.82) is 0 Å². The van der Waals surface area contributed by atoms with Crippen molar-refractivity contribution in [2.75, 3.05) is 19.6 Å². The van der Waals surface area contributed by atoms with Crippen LogP contribution >= 0.6 is 12.4 Å². The molecule has 2 unspecified atom stereocenters. The Labute approximate surface area is 104 Å². The third-order valence-electron chi connectivity index (χ3n) is 3.80. The Bertz CT molecular complexity index is 229. The van der Waals surface area contributed by atoms with Crippen LogP contribution in [0.15, 0.2) is 0 Å². The van der Waals surface area contributed by atoms with Crippen LogP contribution in [0.1, 0.15) is 39.0 Å². The van der Waals surface area contributed by atoms with E-state index in [2.05, 4.69) is 17.1 Å². The molecule has 2 heterocycles. The fourth-order valence-corrected chi connectivity index (χ4v) is 2.66. The van der Waals surface area contributed by atoms with Gasteiger partial charge in [-0.15, -0.1) is 12.4 Å². The van der Waals surface area contributed by atoms with Gasteiger partial charge in [-0.25, -0.2) is 0 Å². The molecule has 2 aliphatic rings. The van der Waals surface area contributed by atoms with Crippen LogP contribution in [-0.2, 0) is 4.79 Å². The summed E-state index contributed by atoms with van der Waals surface area (Å²) in [6.07, 6.45) is 5.55. The van der Waals surface area contributed by atoms with Gasteiger partial charge in [-0.05, 0) is 31.7 Å². The second-order valence-electron chi connectivity index (χ2n) is 4.90. The first-order valence-corrected chi connectivity index (χ1v) is 6.30. The minimum atomic E-state index is 0. The summed E-state index contributed by atoms with van der Waals surface area (Å²) in [6, 6.07) is 0.457. The van der Waals surface area contributed by atoms with Crippen LogP contribution in [0.5, 0.6) is 0 Å². The monoisotopic (exact) mass is 246 g/mol. The van der Waals surface area contributed by atoms with Gasteiger partial charge in [0.1, 0.15) is 0 Å². The van der Waals surface area contributed by atoms with Crippen LogP contribution in [0.4, 0.5) is 0 Å². The molecular weight excluding hydrogens is 224 g/mol. The molecule has 2 saturated heterocycles. The standard InChI is InChI=1S/C12H22N2O.ClH/c1-2-10-5-7-14(9-10)12(15)8-11-4-3-6-13-11;/h10-11,13H,2-9H2,1H3;1H. The van der Waals surface area contributed by atoms with E-state index in [1.54, 1.807) is 0 Å². The summed E-state index contributed by atoms with van der Waals surface area (Å²) in [6.45, 7) is 5.30. The Morgan fingerprint density at radius 3 is 2.81 bits per heavy atom. The molecule has 0 aromatic heterocycles. The number of hydrogen-bond acceptors (Lipinski definition) is 2. The van der Waals surface area contributed by atoms with E-state index in [9.17, 15) is 4.79 Å². The Hall–Kier alpha value is -0.280. The topological polar surface area (TPSA) is 32.3 Å². The van der Waals surface area contributed by atoms with E-state index in [0.717, 1.165) is 32.0 Å². The lowest BCUT2D eigenvalue weighted by molar-refractivity contribution is -0.130. The maximum Gasteiger partial charge on any atom is 0.224 e. The number of likely N-dealkylation sites (tertiary alicyclic amines) is 1. The van der Waals surface area contributed by atoms with Crippen LogP contribution in [-0.4, -0.2) is 36.5 Å². The average Bonchev–Trinajstić information content (AvgIpc) is 2.86. The summed E-state index contributed by atoms with van der Waals surface area (Å²) in [4.78, 5) is 14.0. The molecule has 0 spiro atoms. The van der Waals surface area contributed by atoms with Crippen molar-refractivity contribution in [2.24, 2.45) is 5.92 Å². The highest BCUT2D eigenvalue weighted by Gasteiger charge is 2.27. The van der Waals surface area contributed by atoms with Gasteiger partial charge in [0.15, 0.2) is 0 Å². The molecule has 2 rings (SSSR count). The quantitative estimate of drug-likeness (QED) is 0.824. The third-order valence-corrected chi connectivity index (χ3v) is 3.80. The molecule has 0 aromatic carbocycles. The normalized spacial score (nSPS) is 29.2. The molecule has 0 aliphatic carbocycles. The van der Waals surface area contributed by atoms with Crippen molar-refractivity contribution >= 4 is 18.3 Å². The zero-order valence-electron chi connectivity index (χ0n) is 10.1. The van der Waals surface area contributed by atoms with E-state index in [-0.39, 0.29) is 12.4 Å². The van der Waals surface area contributed by atoms with Crippen molar-refractivity contribution in [3.8, 4) is 0 Å². The minimum Gasteiger partial charge on any atom is -0.342 e. The van der Waals surface area contributed by atoms with E-state index in [1.165, 1.54) is 25.7 Å². The molecule has 0 aromatic rings. The Morgan fingerprint density at radius 2 is 2.25 bits per heavy atom. The molecule has 0 bridgehead atoms. The highest BCUT2D eigenvalue weighted by atomic mass is 35.5. The number of amides is 1. The van der Waals surface area contributed by atoms with Gasteiger partial charge in [0.05, 0.1) is 0 Å². The van der Waals surface area contributed by atoms with E-state index in [0.29, 0.717) is 11.9 Å². The predicted molar refractivity (Wildman–Crippen MR) is 67.9 cm³/mol. The molecule has 0 saturated carbocycles. The fourth-order valence-electron chi connectivity index (χ4n) is 2.66. The molecule has 16 heavy (non-hydrogen) atoms. The largest absolute Gasteiger partial charge is 0.342 e. The summed E-state index contributed by atoms with van der Waals surface area (Å²) in [5, 5.41) is 3.39. The van der Waals surface area contributed by atoms with Crippen LogP contribution in [0, 0.1) is 5.92 Å². The Morgan fingerprint density at radius 1 is 1.44 bits per heavy atom. The van der Waals surface area contributed by atoms with Gasteiger partial charge in [-0.3, -0.25) is 4.79 Å². The lowest BCUT2D eigenvalue weighted by Gasteiger charge is -2.18. The van der Waals surface area contributed by atoms with Gasteiger partial charge in [0.2, 0.25) is 5.91 Å². The smallest absolute Gasteiger partial charge is 0.224 e. The summed E-state index contributed by atoms with van der Waals surface area (Å²) < 4.78 is 0. The maximum atomic E-state index is 11.9. The highest BCUT2D eigenvalue weighted by molar-refractivity contribution is 5.85. The average molecular weight is 247 g/mol. The summed E-state index contributed by atoms with van der Waals surface area (Å²) in [5.74, 6) is 1.12. The van der Waals surface area contributed by atoms with Crippen LogP contribution in [0.3, 0.4) is 0 Å². The molecule has 4 heteroatoms. The van der Waals surface area contributed by atoms with Gasteiger partial charge in [0, 0.05) is 25.6 Å². The van der Waals surface area contributed by atoms with E-state index in [4.69, 9.17) is 0 Å². The first kappa shape index (κ1) is 13.8. The summed E-state index contributed by atoms with van der Waals surface area (Å²) in [7, 11) is 0. The van der Waals surface area contributed by atoms with Crippen LogP contribution in [0.2, 0.25) is 0 Å². The van der Waals surface area contributed by atoms with Crippen molar-refractivity contribution in [3.63, 3.8) is 0 Å². The molecular formula is C12H23ClN2O. The molecule has 2 aliphatic heterocycles. The number of nitrogens with one attached hydrogen (secondary N) is 1. The van der Waals surface area contributed by atoms with E-state index >= 15 is 0 Å². The lowest BCUT2D eigenvalue weighted by Crippen LogP contribution is -2.34. The third kappa shape index (κ3) is 3.36. The Balaban J connectivity index is 0.00000128. The predicted octanol–water partition coefficient (Wildman–Crippen LogP) is 1.81. The van der Waals surface area contributed by atoms with Crippen molar-refractivity contribution in [2.45, 2.75) is 45.1 Å². The van der Waals surface area contributed by atoms with Gasteiger partial charge in [-0.1, -0.05) is 13.3 Å². The number of carbonyl (C=O) groups excluding carboxylic acids is 1. The second kappa shape index (κ2) is 6.45. The zero-order chi connectivity index (χ0) is 10.7. The van der Waals surface area contributed by atoms with E-state index < -0.39 is 0 Å². The molecule has 0 radical (unpaired) electrons. The minimum absolute atomic E-state index is 0. The van der Waals surface area contributed by atoms with Gasteiger partial charge in [0.25, 0.3) is 0 Å². The zero-order valence-corrected chi connectivity index (χ0v) is 10.9. The highest BCUT2D eigenvalue weighted by Crippen LogP contribution is 2.20. The number of hydrogen-bond donors (Lipinski definition) is 1. The van der Waals surface area contributed by atoms with E-state index in [1.807, 2.05) is 0 Å². The molecule has 1 amide bonds. The Kier molecular flexibility index (Phi) is 5.56. The van der Waals surface area contributed by atoms with Crippen LogP contribution in [0.25, 0.3) is 0 Å². The number of halogens is 1. The van der Waals surface area contributed by atoms with Gasteiger partial charge < -0.3 is 10.2 Å². The first-order chi connectivity index (χ1) is 7.29. The van der Waals surface area contributed by atoms with Crippen molar-refractivity contribution in [3.05, 3.63) is 0 Å². The lowest BCUT2D eigenvalue weighted by atomic mass is 10.1. The number of nitrogens with zero attached hydrogens (tertiary/aromatic N) is 1. The van der Waals surface area contributed by atoms with Crippen molar-refractivity contribution < 1.29 is 4.79 Å². The van der Waals surface area contributed by atoms with Gasteiger partial charge in [-0.2, -0.15) is 0 Å². The fraction of sp³-hybridized carbons (Fsp3) is 0.917. The molecule has 2 atom stereocenters. The van der Waals surface area contributed by atoms with Crippen molar-refractivity contribution in [1.82, 2.24) is 10.2 Å².